The molecule has 0 aliphatic carbocycles. The fourth-order valence-corrected chi connectivity index (χ4v) is 2.22. The molecule has 7 nitrogen and oxygen atoms in total. The lowest BCUT2D eigenvalue weighted by Gasteiger charge is -2.06. The molecule has 0 spiro atoms. The van der Waals surface area contributed by atoms with Crippen LogP contribution in [0.25, 0.3) is 0 Å². The van der Waals surface area contributed by atoms with Gasteiger partial charge in [0.05, 0.1) is 11.8 Å². The molecule has 1 N–H and O–H groups in total. The van der Waals surface area contributed by atoms with Crippen LogP contribution >= 0.6 is 0 Å². The SMILES string of the molecule is CS(=O)(=O)c1ncccc1C(=O)Nc1cnccn1. The molecule has 0 atom stereocenters. The van der Waals surface area contributed by atoms with E-state index in [2.05, 4.69) is 20.3 Å². The monoisotopic (exact) mass is 278 g/mol. The third kappa shape index (κ3) is 3.10. The Balaban J connectivity index is 2.35. The van der Waals surface area contributed by atoms with Crippen LogP contribution in [-0.2, 0) is 9.84 Å². The Morgan fingerprint density at radius 2 is 2.00 bits per heavy atom. The molecular weight excluding hydrogens is 268 g/mol. The number of hydrogen-bond donors (Lipinski definition) is 1. The number of carbonyl (C=O) groups is 1. The first-order chi connectivity index (χ1) is 8.98. The number of anilines is 1. The van der Waals surface area contributed by atoms with Crippen molar-refractivity contribution in [3.63, 3.8) is 0 Å². The Bertz CT molecular complexity index is 701. The van der Waals surface area contributed by atoms with Gasteiger partial charge in [-0.2, -0.15) is 0 Å². The van der Waals surface area contributed by atoms with Crippen LogP contribution in [0.5, 0.6) is 0 Å². The zero-order chi connectivity index (χ0) is 13.9. The molecule has 0 saturated carbocycles. The van der Waals surface area contributed by atoms with Crippen molar-refractivity contribution in [3.05, 3.63) is 42.5 Å². The highest BCUT2D eigenvalue weighted by atomic mass is 32.2. The van der Waals surface area contributed by atoms with Crippen LogP contribution in [0.2, 0.25) is 0 Å². The molecule has 2 aromatic heterocycles. The maximum Gasteiger partial charge on any atom is 0.259 e. The van der Waals surface area contributed by atoms with E-state index < -0.39 is 15.7 Å². The number of amides is 1. The van der Waals surface area contributed by atoms with Gasteiger partial charge in [-0.3, -0.25) is 9.78 Å². The lowest BCUT2D eigenvalue weighted by Crippen LogP contribution is -2.17. The molecule has 0 aromatic carbocycles. The minimum Gasteiger partial charge on any atom is -0.305 e. The van der Waals surface area contributed by atoms with Crippen LogP contribution in [0.4, 0.5) is 5.82 Å². The van der Waals surface area contributed by atoms with Crippen molar-refractivity contribution in [1.29, 1.82) is 0 Å². The summed E-state index contributed by atoms with van der Waals surface area (Å²) < 4.78 is 23.1. The number of pyridine rings is 1. The number of rotatable bonds is 3. The number of nitrogens with one attached hydrogen (secondary N) is 1. The van der Waals surface area contributed by atoms with Crippen molar-refractivity contribution in [1.82, 2.24) is 15.0 Å². The van der Waals surface area contributed by atoms with Crippen LogP contribution in [0, 0.1) is 0 Å². The minimum atomic E-state index is -3.58. The first kappa shape index (κ1) is 13.1. The van der Waals surface area contributed by atoms with Gasteiger partial charge in [0.25, 0.3) is 5.91 Å². The molecule has 2 rings (SSSR count). The standard InChI is InChI=1S/C11H10N4O3S/c1-19(17,18)11-8(3-2-4-14-11)10(16)15-9-7-12-5-6-13-9/h2-7H,1H3,(H,13,15,16). The van der Waals surface area contributed by atoms with Crippen molar-refractivity contribution in [3.8, 4) is 0 Å². The molecule has 0 radical (unpaired) electrons. The molecule has 0 aliphatic heterocycles. The summed E-state index contributed by atoms with van der Waals surface area (Å²) in [4.78, 5) is 23.4. The summed E-state index contributed by atoms with van der Waals surface area (Å²) >= 11 is 0. The van der Waals surface area contributed by atoms with E-state index in [0.717, 1.165) is 6.26 Å². The van der Waals surface area contributed by atoms with Crippen LogP contribution in [-0.4, -0.2) is 35.5 Å². The average Bonchev–Trinajstić information content (AvgIpc) is 2.39. The molecule has 8 heteroatoms. The number of carbonyl (C=O) groups excluding carboxylic acids is 1. The summed E-state index contributed by atoms with van der Waals surface area (Å²) in [7, 11) is -3.58. The second-order valence-corrected chi connectivity index (χ2v) is 5.60. The Kier molecular flexibility index (Phi) is 3.52. The van der Waals surface area contributed by atoms with Gasteiger partial charge in [0.2, 0.25) is 0 Å². The van der Waals surface area contributed by atoms with E-state index in [-0.39, 0.29) is 16.4 Å². The van der Waals surface area contributed by atoms with E-state index in [4.69, 9.17) is 0 Å². The Morgan fingerprint density at radius 3 is 2.63 bits per heavy atom. The zero-order valence-electron chi connectivity index (χ0n) is 9.94. The summed E-state index contributed by atoms with van der Waals surface area (Å²) in [6.45, 7) is 0. The lowest BCUT2D eigenvalue weighted by molar-refractivity contribution is 0.102. The third-order valence-corrected chi connectivity index (χ3v) is 3.20. The summed E-state index contributed by atoms with van der Waals surface area (Å²) in [6.07, 6.45) is 6.54. The highest BCUT2D eigenvalue weighted by molar-refractivity contribution is 7.90. The van der Waals surface area contributed by atoms with Gasteiger partial charge < -0.3 is 5.32 Å². The van der Waals surface area contributed by atoms with E-state index in [1.807, 2.05) is 0 Å². The molecule has 0 fully saturated rings. The first-order valence-corrected chi connectivity index (χ1v) is 7.10. The van der Waals surface area contributed by atoms with Crippen LogP contribution in [0.3, 0.4) is 0 Å². The number of hydrogen-bond acceptors (Lipinski definition) is 6. The largest absolute Gasteiger partial charge is 0.305 e. The van der Waals surface area contributed by atoms with E-state index in [0.29, 0.717) is 0 Å². The van der Waals surface area contributed by atoms with E-state index in [1.165, 1.54) is 36.9 Å². The van der Waals surface area contributed by atoms with Crippen molar-refractivity contribution < 1.29 is 13.2 Å². The second-order valence-electron chi connectivity index (χ2n) is 3.67. The van der Waals surface area contributed by atoms with E-state index in [1.54, 1.807) is 0 Å². The topological polar surface area (TPSA) is 102 Å². The predicted octanol–water partition coefficient (Wildman–Crippen LogP) is 0.527. The van der Waals surface area contributed by atoms with E-state index in [9.17, 15) is 13.2 Å². The Morgan fingerprint density at radius 1 is 1.21 bits per heavy atom. The van der Waals surface area contributed by atoms with Gasteiger partial charge in [0.15, 0.2) is 20.7 Å². The maximum atomic E-state index is 12.0. The fourth-order valence-electron chi connectivity index (χ4n) is 1.41. The van der Waals surface area contributed by atoms with Gasteiger partial charge in [-0.25, -0.2) is 18.4 Å². The molecule has 98 valence electrons. The van der Waals surface area contributed by atoms with Crippen molar-refractivity contribution >= 4 is 21.6 Å². The molecule has 2 aromatic rings. The van der Waals surface area contributed by atoms with Gasteiger partial charge in [-0.1, -0.05) is 0 Å². The highest BCUT2D eigenvalue weighted by Crippen LogP contribution is 2.13. The molecule has 0 saturated heterocycles. The smallest absolute Gasteiger partial charge is 0.259 e. The average molecular weight is 278 g/mol. The third-order valence-electron chi connectivity index (χ3n) is 2.17. The van der Waals surface area contributed by atoms with Crippen LogP contribution in [0.15, 0.2) is 41.9 Å². The Labute approximate surface area is 109 Å². The molecule has 2 heterocycles. The molecule has 0 unspecified atom stereocenters. The first-order valence-electron chi connectivity index (χ1n) is 5.21. The van der Waals surface area contributed by atoms with Crippen molar-refractivity contribution in [2.75, 3.05) is 11.6 Å². The summed E-state index contributed by atoms with van der Waals surface area (Å²) in [6, 6.07) is 2.87. The molecule has 0 aliphatic rings. The molecular formula is C11H10N4O3S. The lowest BCUT2D eigenvalue weighted by atomic mass is 10.2. The number of aromatic nitrogens is 3. The predicted molar refractivity (Wildman–Crippen MR) is 67.3 cm³/mol. The Hall–Kier alpha value is -2.35. The maximum absolute atomic E-state index is 12.0. The molecule has 19 heavy (non-hydrogen) atoms. The normalized spacial score (nSPS) is 11.0. The number of sulfone groups is 1. The van der Waals surface area contributed by atoms with E-state index >= 15 is 0 Å². The van der Waals surface area contributed by atoms with Gasteiger partial charge >= 0.3 is 0 Å². The fraction of sp³-hybridized carbons (Fsp3) is 0.0909. The van der Waals surface area contributed by atoms with Gasteiger partial charge in [0.1, 0.15) is 0 Å². The second kappa shape index (κ2) is 5.11. The quantitative estimate of drug-likeness (QED) is 0.878. The van der Waals surface area contributed by atoms with Crippen molar-refractivity contribution in [2.24, 2.45) is 0 Å². The van der Waals surface area contributed by atoms with Gasteiger partial charge in [-0.05, 0) is 12.1 Å². The molecule has 0 bridgehead atoms. The highest BCUT2D eigenvalue weighted by Gasteiger charge is 2.20. The van der Waals surface area contributed by atoms with Crippen LogP contribution < -0.4 is 5.32 Å². The summed E-state index contributed by atoms with van der Waals surface area (Å²) in [5.74, 6) is -0.371. The zero-order valence-corrected chi connectivity index (χ0v) is 10.8. The van der Waals surface area contributed by atoms with Crippen LogP contribution in [0.1, 0.15) is 10.4 Å². The van der Waals surface area contributed by atoms with Gasteiger partial charge in [-0.15, -0.1) is 0 Å². The summed E-state index contributed by atoms with van der Waals surface area (Å²) in [5, 5.41) is 2.19. The molecule has 1 amide bonds. The number of nitrogens with zero attached hydrogens (tertiary/aromatic N) is 3. The van der Waals surface area contributed by atoms with Crippen molar-refractivity contribution in [2.45, 2.75) is 5.03 Å². The summed E-state index contributed by atoms with van der Waals surface area (Å²) in [5.41, 5.74) is -0.0318. The minimum absolute atomic E-state index is 0.0318. The van der Waals surface area contributed by atoms with Gasteiger partial charge in [0, 0.05) is 24.8 Å².